The Bertz CT molecular complexity index is 631. The standard InChI is InChI=1S/C15H21N7/c1-11-7-17-9-21-15(11)18-8-12-4-3-5-22(12)14-6-13(16-2)19-10-20-14/h6-7,9-10,12H,3-5,8H2,1-2H3,(H,16,19,20)(H,17,18,21). The molecule has 7 nitrogen and oxygen atoms in total. The molecule has 0 spiro atoms. The van der Waals surface area contributed by atoms with E-state index in [9.17, 15) is 0 Å². The van der Waals surface area contributed by atoms with Gasteiger partial charge in [-0.15, -0.1) is 0 Å². The summed E-state index contributed by atoms with van der Waals surface area (Å²) in [6.45, 7) is 3.88. The summed E-state index contributed by atoms with van der Waals surface area (Å²) < 4.78 is 0. The Morgan fingerprint density at radius 2 is 2.18 bits per heavy atom. The molecule has 1 unspecified atom stereocenters. The number of nitrogens with zero attached hydrogens (tertiary/aromatic N) is 5. The van der Waals surface area contributed by atoms with Crippen LogP contribution in [0.1, 0.15) is 18.4 Å². The number of hydrogen-bond donors (Lipinski definition) is 2. The highest BCUT2D eigenvalue weighted by molar-refractivity contribution is 5.50. The second-order valence-corrected chi connectivity index (χ2v) is 5.44. The van der Waals surface area contributed by atoms with Crippen LogP contribution in [0.25, 0.3) is 0 Å². The second kappa shape index (κ2) is 6.55. The number of nitrogens with one attached hydrogen (secondary N) is 2. The average molecular weight is 299 g/mol. The lowest BCUT2D eigenvalue weighted by atomic mass is 10.2. The van der Waals surface area contributed by atoms with Crippen LogP contribution in [-0.2, 0) is 0 Å². The molecule has 0 bridgehead atoms. The van der Waals surface area contributed by atoms with Gasteiger partial charge in [0.05, 0.1) is 0 Å². The van der Waals surface area contributed by atoms with Gasteiger partial charge in [-0.25, -0.2) is 19.9 Å². The SMILES string of the molecule is CNc1cc(N2CCCC2CNc2ncncc2C)ncn1. The van der Waals surface area contributed by atoms with E-state index >= 15 is 0 Å². The molecule has 3 heterocycles. The van der Waals surface area contributed by atoms with E-state index < -0.39 is 0 Å². The van der Waals surface area contributed by atoms with Crippen LogP contribution in [-0.4, -0.2) is 46.1 Å². The van der Waals surface area contributed by atoms with Gasteiger partial charge in [-0.1, -0.05) is 0 Å². The molecule has 0 saturated carbocycles. The summed E-state index contributed by atoms with van der Waals surface area (Å²) in [6.07, 6.45) is 7.33. The van der Waals surface area contributed by atoms with Crippen molar-refractivity contribution in [3.05, 3.63) is 30.5 Å². The third kappa shape index (κ3) is 3.08. The largest absolute Gasteiger partial charge is 0.373 e. The molecule has 0 radical (unpaired) electrons. The predicted octanol–water partition coefficient (Wildman–Crippen LogP) is 1.70. The summed E-state index contributed by atoms with van der Waals surface area (Å²) in [7, 11) is 1.87. The van der Waals surface area contributed by atoms with E-state index in [-0.39, 0.29) is 0 Å². The van der Waals surface area contributed by atoms with E-state index in [0.29, 0.717) is 6.04 Å². The molecule has 1 atom stereocenters. The Morgan fingerprint density at radius 3 is 3.00 bits per heavy atom. The minimum atomic E-state index is 0.411. The minimum Gasteiger partial charge on any atom is -0.373 e. The average Bonchev–Trinajstić information content (AvgIpc) is 3.03. The van der Waals surface area contributed by atoms with Gasteiger partial charge in [0.1, 0.15) is 30.1 Å². The van der Waals surface area contributed by atoms with Gasteiger partial charge in [-0.2, -0.15) is 0 Å². The van der Waals surface area contributed by atoms with Crippen LogP contribution in [0.15, 0.2) is 24.9 Å². The normalized spacial score (nSPS) is 17.5. The monoisotopic (exact) mass is 299 g/mol. The Labute approximate surface area is 130 Å². The van der Waals surface area contributed by atoms with Crippen molar-refractivity contribution in [1.29, 1.82) is 0 Å². The van der Waals surface area contributed by atoms with Crippen molar-refractivity contribution >= 4 is 17.5 Å². The van der Waals surface area contributed by atoms with Crippen molar-refractivity contribution in [1.82, 2.24) is 19.9 Å². The molecular weight excluding hydrogens is 278 g/mol. The molecule has 0 aromatic carbocycles. The summed E-state index contributed by atoms with van der Waals surface area (Å²) >= 11 is 0. The fourth-order valence-corrected chi connectivity index (χ4v) is 2.79. The van der Waals surface area contributed by atoms with Gasteiger partial charge in [0, 0.05) is 44.0 Å². The van der Waals surface area contributed by atoms with Crippen molar-refractivity contribution in [2.45, 2.75) is 25.8 Å². The first-order valence-electron chi connectivity index (χ1n) is 7.55. The maximum absolute atomic E-state index is 4.41. The molecule has 1 aliphatic rings. The lowest BCUT2D eigenvalue weighted by Gasteiger charge is -2.26. The second-order valence-electron chi connectivity index (χ2n) is 5.44. The van der Waals surface area contributed by atoms with Crippen LogP contribution in [0.3, 0.4) is 0 Å². The highest BCUT2D eigenvalue weighted by atomic mass is 15.3. The molecule has 1 aliphatic heterocycles. The Balaban J connectivity index is 1.69. The number of hydrogen-bond acceptors (Lipinski definition) is 7. The molecule has 1 fully saturated rings. The van der Waals surface area contributed by atoms with Crippen LogP contribution in [0.5, 0.6) is 0 Å². The Kier molecular flexibility index (Phi) is 4.32. The highest BCUT2D eigenvalue weighted by Crippen LogP contribution is 2.25. The smallest absolute Gasteiger partial charge is 0.134 e. The third-order valence-electron chi connectivity index (χ3n) is 3.98. The van der Waals surface area contributed by atoms with Crippen molar-refractivity contribution in [3.8, 4) is 0 Å². The minimum absolute atomic E-state index is 0.411. The summed E-state index contributed by atoms with van der Waals surface area (Å²) in [5.74, 6) is 2.72. The van der Waals surface area contributed by atoms with E-state index in [1.54, 1.807) is 12.7 Å². The summed E-state index contributed by atoms with van der Waals surface area (Å²) in [6, 6.07) is 2.41. The zero-order valence-electron chi connectivity index (χ0n) is 13.0. The van der Waals surface area contributed by atoms with Gasteiger partial charge < -0.3 is 15.5 Å². The fraction of sp³-hybridized carbons (Fsp3) is 0.467. The zero-order valence-corrected chi connectivity index (χ0v) is 13.0. The summed E-state index contributed by atoms with van der Waals surface area (Å²) in [5, 5.41) is 6.49. The van der Waals surface area contributed by atoms with Crippen LogP contribution < -0.4 is 15.5 Å². The maximum atomic E-state index is 4.41. The topological polar surface area (TPSA) is 78.9 Å². The fourth-order valence-electron chi connectivity index (χ4n) is 2.79. The molecule has 1 saturated heterocycles. The maximum Gasteiger partial charge on any atom is 0.134 e. The lowest BCUT2D eigenvalue weighted by Crippen LogP contribution is -2.35. The Morgan fingerprint density at radius 1 is 1.27 bits per heavy atom. The molecule has 22 heavy (non-hydrogen) atoms. The van der Waals surface area contributed by atoms with Crippen molar-refractivity contribution < 1.29 is 0 Å². The van der Waals surface area contributed by atoms with Crippen LogP contribution >= 0.6 is 0 Å². The number of anilines is 3. The number of rotatable bonds is 5. The highest BCUT2D eigenvalue weighted by Gasteiger charge is 2.26. The van der Waals surface area contributed by atoms with Crippen LogP contribution in [0, 0.1) is 6.92 Å². The molecule has 0 aliphatic carbocycles. The van der Waals surface area contributed by atoms with E-state index in [1.165, 1.54) is 6.42 Å². The van der Waals surface area contributed by atoms with E-state index in [0.717, 1.165) is 42.5 Å². The molecular formula is C15H21N7. The quantitative estimate of drug-likeness (QED) is 0.870. The first-order chi connectivity index (χ1) is 10.8. The van der Waals surface area contributed by atoms with Crippen molar-refractivity contribution in [2.24, 2.45) is 0 Å². The van der Waals surface area contributed by atoms with Crippen molar-refractivity contribution in [3.63, 3.8) is 0 Å². The number of aryl methyl sites for hydroxylation is 1. The third-order valence-corrected chi connectivity index (χ3v) is 3.98. The predicted molar refractivity (Wildman–Crippen MR) is 87.2 cm³/mol. The molecule has 3 rings (SSSR count). The lowest BCUT2D eigenvalue weighted by molar-refractivity contribution is 0.688. The first kappa shape index (κ1) is 14.5. The Hall–Kier alpha value is -2.44. The molecule has 116 valence electrons. The first-order valence-corrected chi connectivity index (χ1v) is 7.55. The summed E-state index contributed by atoms with van der Waals surface area (Å²) in [4.78, 5) is 19.2. The van der Waals surface area contributed by atoms with Gasteiger partial charge in [-0.3, -0.25) is 0 Å². The summed E-state index contributed by atoms with van der Waals surface area (Å²) in [5.41, 5.74) is 1.06. The molecule has 0 amide bonds. The number of aromatic nitrogens is 4. The zero-order chi connectivity index (χ0) is 15.4. The van der Waals surface area contributed by atoms with E-state index in [1.807, 2.05) is 26.2 Å². The molecule has 2 N–H and O–H groups in total. The van der Waals surface area contributed by atoms with E-state index in [2.05, 4.69) is 35.5 Å². The molecule has 7 heteroatoms. The molecule has 2 aromatic rings. The van der Waals surface area contributed by atoms with Gasteiger partial charge in [0.2, 0.25) is 0 Å². The van der Waals surface area contributed by atoms with Crippen molar-refractivity contribution in [2.75, 3.05) is 35.7 Å². The van der Waals surface area contributed by atoms with Crippen LogP contribution in [0.4, 0.5) is 17.5 Å². The van der Waals surface area contributed by atoms with E-state index in [4.69, 9.17) is 0 Å². The van der Waals surface area contributed by atoms with Gasteiger partial charge >= 0.3 is 0 Å². The van der Waals surface area contributed by atoms with Gasteiger partial charge in [0.15, 0.2) is 0 Å². The molecule has 2 aromatic heterocycles. The van der Waals surface area contributed by atoms with Crippen LogP contribution in [0.2, 0.25) is 0 Å². The van der Waals surface area contributed by atoms with Gasteiger partial charge in [0.25, 0.3) is 0 Å². The van der Waals surface area contributed by atoms with Gasteiger partial charge in [-0.05, 0) is 19.8 Å².